The minimum atomic E-state index is 0.204. The van der Waals surface area contributed by atoms with Crippen LogP contribution < -0.4 is 0 Å². The van der Waals surface area contributed by atoms with E-state index in [4.69, 9.17) is 15.1 Å². The van der Waals surface area contributed by atoms with Gasteiger partial charge < -0.3 is 9.84 Å². The van der Waals surface area contributed by atoms with Crippen molar-refractivity contribution in [2.75, 3.05) is 40.0 Å². The molecular weight excluding hydrogens is 168 g/mol. The molecule has 13 heavy (non-hydrogen) atoms. The standard InChI is InChI=1S/C9H18N2O2/c1-13-9-7-11(5-2-4-10)6-3-8-12/h12H,2-3,5-9H2,1H3. The molecule has 0 aromatic rings. The fourth-order valence-electron chi connectivity index (χ4n) is 1.06. The summed E-state index contributed by atoms with van der Waals surface area (Å²) in [6.07, 6.45) is 1.30. The van der Waals surface area contributed by atoms with Crippen LogP contribution in [0.15, 0.2) is 0 Å². The lowest BCUT2D eigenvalue weighted by atomic mass is 10.3. The number of ether oxygens (including phenoxy) is 1. The van der Waals surface area contributed by atoms with Crippen molar-refractivity contribution in [2.24, 2.45) is 0 Å². The van der Waals surface area contributed by atoms with Crippen LogP contribution in [0.5, 0.6) is 0 Å². The molecule has 0 spiro atoms. The highest BCUT2D eigenvalue weighted by molar-refractivity contribution is 4.72. The Hall–Kier alpha value is -0.630. The number of hydrogen-bond acceptors (Lipinski definition) is 4. The van der Waals surface area contributed by atoms with Gasteiger partial charge in [-0.1, -0.05) is 0 Å². The molecule has 0 rings (SSSR count). The number of hydrogen-bond donors (Lipinski definition) is 1. The molecule has 76 valence electrons. The first-order valence-corrected chi connectivity index (χ1v) is 4.54. The third-order valence-corrected chi connectivity index (χ3v) is 1.78. The summed E-state index contributed by atoms with van der Waals surface area (Å²) in [4.78, 5) is 2.13. The fraction of sp³-hybridized carbons (Fsp3) is 0.889. The molecular formula is C9H18N2O2. The minimum absolute atomic E-state index is 0.204. The van der Waals surface area contributed by atoms with Crippen molar-refractivity contribution in [3.63, 3.8) is 0 Å². The van der Waals surface area contributed by atoms with Gasteiger partial charge in [0.15, 0.2) is 0 Å². The molecule has 0 saturated carbocycles. The Labute approximate surface area is 79.7 Å². The van der Waals surface area contributed by atoms with E-state index in [0.29, 0.717) is 13.0 Å². The molecule has 4 nitrogen and oxygen atoms in total. The van der Waals surface area contributed by atoms with Crippen molar-refractivity contribution in [2.45, 2.75) is 12.8 Å². The van der Waals surface area contributed by atoms with Gasteiger partial charge in [-0.05, 0) is 6.42 Å². The maximum absolute atomic E-state index is 8.64. The molecule has 0 aliphatic heterocycles. The van der Waals surface area contributed by atoms with Gasteiger partial charge in [0.05, 0.1) is 12.7 Å². The van der Waals surface area contributed by atoms with Crippen LogP contribution in [0.3, 0.4) is 0 Å². The smallest absolute Gasteiger partial charge is 0.0635 e. The molecule has 0 radical (unpaired) electrons. The maximum atomic E-state index is 8.64. The first-order chi connectivity index (χ1) is 6.35. The van der Waals surface area contributed by atoms with Crippen molar-refractivity contribution in [3.8, 4) is 6.07 Å². The Bertz CT molecular complexity index is 137. The second-order valence-corrected chi connectivity index (χ2v) is 2.82. The van der Waals surface area contributed by atoms with E-state index in [1.165, 1.54) is 0 Å². The number of rotatable bonds is 8. The summed E-state index contributed by atoms with van der Waals surface area (Å²) in [6.45, 7) is 3.31. The van der Waals surface area contributed by atoms with Crippen LogP contribution in [0.1, 0.15) is 12.8 Å². The zero-order chi connectivity index (χ0) is 9.94. The highest BCUT2D eigenvalue weighted by atomic mass is 16.5. The molecule has 0 unspecified atom stereocenters. The summed E-state index contributed by atoms with van der Waals surface area (Å²) in [5.74, 6) is 0. The zero-order valence-electron chi connectivity index (χ0n) is 8.20. The van der Waals surface area contributed by atoms with Crippen LogP contribution >= 0.6 is 0 Å². The number of aliphatic hydroxyl groups excluding tert-OH is 1. The molecule has 4 heteroatoms. The van der Waals surface area contributed by atoms with Crippen molar-refractivity contribution < 1.29 is 9.84 Å². The van der Waals surface area contributed by atoms with E-state index >= 15 is 0 Å². The van der Waals surface area contributed by atoms with E-state index < -0.39 is 0 Å². The van der Waals surface area contributed by atoms with Crippen molar-refractivity contribution in [3.05, 3.63) is 0 Å². The largest absolute Gasteiger partial charge is 0.396 e. The van der Waals surface area contributed by atoms with Gasteiger partial charge in [-0.2, -0.15) is 5.26 Å². The molecule has 1 N–H and O–H groups in total. The lowest BCUT2D eigenvalue weighted by Gasteiger charge is -2.19. The zero-order valence-corrected chi connectivity index (χ0v) is 8.20. The van der Waals surface area contributed by atoms with E-state index in [2.05, 4.69) is 11.0 Å². The SMILES string of the molecule is COCCN(CCC#N)CCCO. The minimum Gasteiger partial charge on any atom is -0.396 e. The second kappa shape index (κ2) is 9.46. The van der Waals surface area contributed by atoms with Gasteiger partial charge in [0.1, 0.15) is 0 Å². The van der Waals surface area contributed by atoms with Crippen molar-refractivity contribution >= 4 is 0 Å². The van der Waals surface area contributed by atoms with Gasteiger partial charge in [-0.3, -0.25) is 4.90 Å². The Morgan fingerprint density at radius 1 is 1.38 bits per heavy atom. The van der Waals surface area contributed by atoms with Crippen LogP contribution in [0.25, 0.3) is 0 Å². The van der Waals surface area contributed by atoms with E-state index in [1.54, 1.807) is 7.11 Å². The predicted octanol–water partition coefficient (Wildman–Crippen LogP) is 0.231. The Morgan fingerprint density at radius 3 is 2.69 bits per heavy atom. The molecule has 0 aliphatic carbocycles. The normalized spacial score (nSPS) is 10.3. The highest BCUT2D eigenvalue weighted by Crippen LogP contribution is 1.93. The molecule has 0 atom stereocenters. The quantitative estimate of drug-likeness (QED) is 0.589. The first-order valence-electron chi connectivity index (χ1n) is 4.54. The molecule has 0 aromatic heterocycles. The second-order valence-electron chi connectivity index (χ2n) is 2.82. The van der Waals surface area contributed by atoms with E-state index in [0.717, 1.165) is 26.1 Å². The summed E-state index contributed by atoms with van der Waals surface area (Å²) in [5.41, 5.74) is 0. The van der Waals surface area contributed by atoms with Crippen LogP contribution in [-0.4, -0.2) is 50.0 Å². The molecule has 0 aromatic carbocycles. The fourth-order valence-corrected chi connectivity index (χ4v) is 1.06. The van der Waals surface area contributed by atoms with Crippen LogP contribution in [0.4, 0.5) is 0 Å². The van der Waals surface area contributed by atoms with Crippen molar-refractivity contribution in [1.82, 2.24) is 4.90 Å². The Morgan fingerprint density at radius 2 is 2.15 bits per heavy atom. The van der Waals surface area contributed by atoms with Crippen LogP contribution in [0, 0.1) is 11.3 Å². The molecule has 0 amide bonds. The van der Waals surface area contributed by atoms with Crippen LogP contribution in [0.2, 0.25) is 0 Å². The monoisotopic (exact) mass is 186 g/mol. The predicted molar refractivity (Wildman–Crippen MR) is 50.2 cm³/mol. The third kappa shape index (κ3) is 7.72. The van der Waals surface area contributed by atoms with Gasteiger partial charge in [-0.15, -0.1) is 0 Å². The molecule has 0 aliphatic rings. The lowest BCUT2D eigenvalue weighted by Crippen LogP contribution is -2.29. The summed E-state index contributed by atoms with van der Waals surface area (Å²) in [6, 6.07) is 2.11. The Kier molecular flexibility index (Phi) is 9.00. The number of nitriles is 1. The Balaban J connectivity index is 3.54. The first kappa shape index (κ1) is 12.4. The van der Waals surface area contributed by atoms with Gasteiger partial charge >= 0.3 is 0 Å². The average molecular weight is 186 g/mol. The number of nitrogens with zero attached hydrogens (tertiary/aromatic N) is 2. The topological polar surface area (TPSA) is 56.5 Å². The maximum Gasteiger partial charge on any atom is 0.0635 e. The molecule has 0 fully saturated rings. The third-order valence-electron chi connectivity index (χ3n) is 1.78. The molecule has 0 heterocycles. The average Bonchev–Trinajstić information content (AvgIpc) is 2.17. The van der Waals surface area contributed by atoms with Gasteiger partial charge in [0, 0.05) is 39.8 Å². The molecule has 0 bridgehead atoms. The summed E-state index contributed by atoms with van der Waals surface area (Å²) < 4.78 is 4.95. The lowest BCUT2D eigenvalue weighted by molar-refractivity contribution is 0.142. The van der Waals surface area contributed by atoms with E-state index in [1.807, 2.05) is 0 Å². The van der Waals surface area contributed by atoms with Gasteiger partial charge in [0.2, 0.25) is 0 Å². The summed E-state index contributed by atoms with van der Waals surface area (Å²) in [7, 11) is 1.66. The van der Waals surface area contributed by atoms with Crippen molar-refractivity contribution in [1.29, 1.82) is 5.26 Å². The van der Waals surface area contributed by atoms with Gasteiger partial charge in [-0.25, -0.2) is 0 Å². The van der Waals surface area contributed by atoms with E-state index in [9.17, 15) is 0 Å². The van der Waals surface area contributed by atoms with Crippen LogP contribution in [-0.2, 0) is 4.74 Å². The summed E-state index contributed by atoms with van der Waals surface area (Å²) in [5, 5.41) is 17.1. The number of aliphatic hydroxyl groups is 1. The number of methoxy groups -OCH3 is 1. The van der Waals surface area contributed by atoms with E-state index in [-0.39, 0.29) is 6.61 Å². The molecule has 0 saturated heterocycles. The summed E-state index contributed by atoms with van der Waals surface area (Å²) >= 11 is 0. The highest BCUT2D eigenvalue weighted by Gasteiger charge is 2.02. The van der Waals surface area contributed by atoms with Gasteiger partial charge in [0.25, 0.3) is 0 Å².